The third-order valence-corrected chi connectivity index (χ3v) is 9.05. The molecule has 0 atom stereocenters. The fourth-order valence-corrected chi connectivity index (χ4v) is 6.79. The molecule has 2 aromatic carbocycles. The van der Waals surface area contributed by atoms with Gasteiger partial charge < -0.3 is 5.11 Å². The second-order valence-electron chi connectivity index (χ2n) is 9.69. The molecule has 3 aromatic rings. The summed E-state index contributed by atoms with van der Waals surface area (Å²) in [5, 5.41) is 28.4. The van der Waals surface area contributed by atoms with Crippen LogP contribution in [0.4, 0.5) is 5.69 Å². The Balaban J connectivity index is 1.92. The third-order valence-electron chi connectivity index (χ3n) is 6.84. The number of fused-ring (bicyclic) bond motifs is 1. The van der Waals surface area contributed by atoms with Crippen LogP contribution in [0.15, 0.2) is 53.6 Å². The molecule has 0 fully saturated rings. The Labute approximate surface area is 222 Å². The average molecular weight is 535 g/mol. The van der Waals surface area contributed by atoms with Crippen LogP contribution in [0.5, 0.6) is 0 Å². The number of nitriles is 2. The van der Waals surface area contributed by atoms with Crippen molar-refractivity contribution < 1.29 is 13.5 Å². The van der Waals surface area contributed by atoms with Crippen molar-refractivity contribution in [1.82, 2.24) is 4.98 Å². The van der Waals surface area contributed by atoms with E-state index in [1.54, 1.807) is 6.07 Å². The summed E-state index contributed by atoms with van der Waals surface area (Å²) in [6.07, 6.45) is 3.55. The lowest BCUT2D eigenvalue weighted by Gasteiger charge is -2.39. The van der Waals surface area contributed by atoms with Crippen molar-refractivity contribution in [2.45, 2.75) is 49.8 Å². The van der Waals surface area contributed by atoms with E-state index >= 15 is 0 Å². The van der Waals surface area contributed by atoms with E-state index in [1.165, 1.54) is 22.6 Å². The van der Waals surface area contributed by atoms with Crippen molar-refractivity contribution in [1.29, 1.82) is 10.5 Å². The van der Waals surface area contributed by atoms with Gasteiger partial charge in [0.1, 0.15) is 11.8 Å². The van der Waals surface area contributed by atoms with Gasteiger partial charge in [0.2, 0.25) is 0 Å². The minimum absolute atomic E-state index is 0.00488. The molecule has 0 amide bonds. The lowest BCUT2D eigenvalue weighted by molar-refractivity contribution is 0.284. The van der Waals surface area contributed by atoms with Gasteiger partial charge in [-0.25, -0.2) is 13.4 Å². The summed E-state index contributed by atoms with van der Waals surface area (Å²) in [5.74, 6) is 0. The summed E-state index contributed by atoms with van der Waals surface area (Å²) in [5.41, 5.74) is 2.94. The molecular weight excluding hydrogens is 508 g/mol. The first-order chi connectivity index (χ1) is 17.6. The minimum atomic E-state index is -4.02. The van der Waals surface area contributed by atoms with Crippen molar-refractivity contribution in [3.05, 3.63) is 76.1 Å². The van der Waals surface area contributed by atoms with E-state index in [0.717, 1.165) is 5.56 Å². The maximum atomic E-state index is 14.3. The van der Waals surface area contributed by atoms with E-state index in [4.69, 9.17) is 11.6 Å². The molecule has 0 radical (unpaired) electrons. The quantitative estimate of drug-likeness (QED) is 0.409. The fourth-order valence-electron chi connectivity index (χ4n) is 4.76. The molecule has 4 rings (SSSR count). The monoisotopic (exact) mass is 534 g/mol. The number of benzene rings is 2. The van der Waals surface area contributed by atoms with Gasteiger partial charge in [-0.1, -0.05) is 43.6 Å². The topological polar surface area (TPSA) is 118 Å². The summed E-state index contributed by atoms with van der Waals surface area (Å²) in [6, 6.07) is 16.0. The van der Waals surface area contributed by atoms with Crippen LogP contribution in [-0.4, -0.2) is 31.7 Å². The van der Waals surface area contributed by atoms with Crippen LogP contribution in [-0.2, 0) is 21.9 Å². The number of sulfonamides is 1. The van der Waals surface area contributed by atoms with Crippen LogP contribution in [0.1, 0.15) is 55.5 Å². The molecule has 1 N–H and O–H groups in total. The number of rotatable bonds is 7. The highest BCUT2D eigenvalue weighted by Gasteiger charge is 2.37. The van der Waals surface area contributed by atoms with E-state index in [1.807, 2.05) is 30.3 Å². The Bertz CT molecular complexity index is 1540. The number of aliphatic hydroxyl groups is 1. The maximum Gasteiger partial charge on any atom is 0.264 e. The summed E-state index contributed by atoms with van der Waals surface area (Å²) in [6.45, 7) is 4.54. The molecule has 0 unspecified atom stereocenters. The molecule has 37 heavy (non-hydrogen) atoms. The van der Waals surface area contributed by atoms with E-state index in [-0.39, 0.29) is 33.2 Å². The zero-order chi connectivity index (χ0) is 26.8. The number of nitrogens with zero attached hydrogens (tertiary/aromatic N) is 4. The number of anilines is 1. The standard InChI is InChI=1S/C28H27ClN4O3S/c1-28(2)10-11-33(26-9-4-3-8-24(26)28)37(35,36)27-15-22(25(29)14-19(27)7-5-6-12-34)23-18-32-21(17-31)13-20(23)16-30/h3-4,8-9,13-15,18,34H,5-7,10-12H2,1-2H3. The number of halogens is 1. The summed E-state index contributed by atoms with van der Waals surface area (Å²) in [4.78, 5) is 4.18. The van der Waals surface area contributed by atoms with E-state index in [9.17, 15) is 24.0 Å². The average Bonchev–Trinajstić information content (AvgIpc) is 2.88. The van der Waals surface area contributed by atoms with Crippen molar-refractivity contribution in [3.8, 4) is 23.3 Å². The number of para-hydroxylation sites is 1. The highest BCUT2D eigenvalue weighted by atomic mass is 35.5. The van der Waals surface area contributed by atoms with Gasteiger partial charge in [-0.2, -0.15) is 10.5 Å². The molecule has 9 heteroatoms. The Hall–Kier alpha value is -3.43. The second-order valence-corrected chi connectivity index (χ2v) is 11.9. The number of aliphatic hydroxyl groups excluding tert-OH is 1. The molecule has 0 bridgehead atoms. The van der Waals surface area contributed by atoms with Gasteiger partial charge in [0.15, 0.2) is 0 Å². The van der Waals surface area contributed by atoms with Gasteiger partial charge in [-0.15, -0.1) is 0 Å². The Morgan fingerprint density at radius 3 is 2.57 bits per heavy atom. The summed E-state index contributed by atoms with van der Waals surface area (Å²) < 4.78 is 30.0. The fraction of sp³-hybridized carbons (Fsp3) is 0.321. The predicted molar refractivity (Wildman–Crippen MR) is 143 cm³/mol. The number of hydrogen-bond donors (Lipinski definition) is 1. The molecule has 0 saturated heterocycles. The summed E-state index contributed by atoms with van der Waals surface area (Å²) >= 11 is 6.65. The third kappa shape index (κ3) is 5.06. The van der Waals surface area contributed by atoms with Crippen molar-refractivity contribution in [3.63, 3.8) is 0 Å². The van der Waals surface area contributed by atoms with Crippen LogP contribution in [0.25, 0.3) is 11.1 Å². The van der Waals surface area contributed by atoms with Gasteiger partial charge in [0.25, 0.3) is 10.0 Å². The lowest BCUT2D eigenvalue weighted by Crippen LogP contribution is -2.41. The molecule has 190 valence electrons. The van der Waals surface area contributed by atoms with Crippen LogP contribution in [0, 0.1) is 22.7 Å². The van der Waals surface area contributed by atoms with Gasteiger partial charge >= 0.3 is 0 Å². The summed E-state index contributed by atoms with van der Waals surface area (Å²) in [7, 11) is -4.02. The number of aryl methyl sites for hydroxylation is 1. The molecule has 2 heterocycles. The minimum Gasteiger partial charge on any atom is -0.396 e. The van der Waals surface area contributed by atoms with Gasteiger partial charge in [0.05, 0.1) is 22.2 Å². The Kier molecular flexibility index (Phi) is 7.57. The molecule has 0 saturated carbocycles. The molecule has 0 spiro atoms. The van der Waals surface area contributed by atoms with Crippen molar-refractivity contribution >= 4 is 27.3 Å². The molecule has 0 aliphatic carbocycles. The zero-order valence-corrected chi connectivity index (χ0v) is 22.3. The van der Waals surface area contributed by atoms with Crippen LogP contribution < -0.4 is 4.31 Å². The first-order valence-corrected chi connectivity index (χ1v) is 13.8. The van der Waals surface area contributed by atoms with E-state index in [0.29, 0.717) is 54.6 Å². The lowest BCUT2D eigenvalue weighted by atomic mass is 9.78. The first kappa shape index (κ1) is 26.6. The van der Waals surface area contributed by atoms with Gasteiger partial charge in [-0.3, -0.25) is 4.31 Å². The van der Waals surface area contributed by atoms with Gasteiger partial charge in [0, 0.05) is 35.5 Å². The zero-order valence-electron chi connectivity index (χ0n) is 20.7. The van der Waals surface area contributed by atoms with Crippen molar-refractivity contribution in [2.24, 2.45) is 0 Å². The van der Waals surface area contributed by atoms with Crippen LogP contribution >= 0.6 is 11.6 Å². The SMILES string of the molecule is CC1(C)CCN(S(=O)(=O)c2cc(-c3cnc(C#N)cc3C#N)c(Cl)cc2CCCCO)c2ccccc21. The number of pyridine rings is 1. The number of hydrogen-bond acceptors (Lipinski definition) is 6. The number of unbranched alkanes of at least 4 members (excludes halogenated alkanes) is 1. The molecule has 1 aliphatic rings. The van der Waals surface area contributed by atoms with Crippen LogP contribution in [0.2, 0.25) is 5.02 Å². The van der Waals surface area contributed by atoms with Gasteiger partial charge in [-0.05, 0) is 66.5 Å². The normalized spacial score (nSPS) is 14.5. The molecule has 1 aliphatic heterocycles. The number of aromatic nitrogens is 1. The largest absolute Gasteiger partial charge is 0.396 e. The maximum absolute atomic E-state index is 14.3. The van der Waals surface area contributed by atoms with Crippen molar-refractivity contribution in [2.75, 3.05) is 17.5 Å². The Morgan fingerprint density at radius 2 is 1.86 bits per heavy atom. The highest BCUT2D eigenvalue weighted by molar-refractivity contribution is 7.93. The van der Waals surface area contributed by atoms with E-state index in [2.05, 4.69) is 24.9 Å². The molecule has 1 aromatic heterocycles. The molecular formula is C28H27ClN4O3S. The smallest absolute Gasteiger partial charge is 0.264 e. The van der Waals surface area contributed by atoms with Crippen LogP contribution in [0.3, 0.4) is 0 Å². The predicted octanol–water partition coefficient (Wildman–Crippen LogP) is 5.34. The highest BCUT2D eigenvalue weighted by Crippen LogP contribution is 2.43. The first-order valence-electron chi connectivity index (χ1n) is 12.0. The van der Waals surface area contributed by atoms with E-state index < -0.39 is 10.0 Å². The molecule has 7 nitrogen and oxygen atoms in total. The second kappa shape index (κ2) is 10.5. The Morgan fingerprint density at radius 1 is 1.11 bits per heavy atom.